The molecule has 9 heteroatoms. The molecule has 0 heterocycles. The Morgan fingerprint density at radius 2 is 1.39 bits per heavy atom. The monoisotopic (exact) mass is 566 g/mol. The van der Waals surface area contributed by atoms with Crippen molar-refractivity contribution in [3.05, 3.63) is 72.3 Å². The molecule has 220 valence electrons. The highest BCUT2D eigenvalue weighted by Crippen LogP contribution is 2.35. The third-order valence-corrected chi connectivity index (χ3v) is 6.98. The largest absolute Gasteiger partial charge is 0.513 e. The van der Waals surface area contributed by atoms with Crippen molar-refractivity contribution in [2.45, 2.75) is 59.0 Å². The highest BCUT2D eigenvalue weighted by molar-refractivity contribution is 5.94. The minimum Gasteiger partial charge on any atom is -0.463 e. The Balaban J connectivity index is 1.43. The van der Waals surface area contributed by atoms with Gasteiger partial charge in [0.05, 0.1) is 24.3 Å². The van der Waals surface area contributed by atoms with Gasteiger partial charge in [-0.2, -0.15) is 0 Å². The molecule has 0 amide bonds. The minimum absolute atomic E-state index is 0.106. The van der Waals surface area contributed by atoms with Crippen LogP contribution in [0.5, 0.6) is 11.5 Å². The summed E-state index contributed by atoms with van der Waals surface area (Å²) in [5.74, 6) is 0.273. The van der Waals surface area contributed by atoms with Gasteiger partial charge in [0, 0.05) is 6.08 Å². The summed E-state index contributed by atoms with van der Waals surface area (Å²) in [6, 6.07) is 12.1. The maximum Gasteiger partial charge on any atom is 0.513 e. The first-order valence-corrected chi connectivity index (χ1v) is 13.9. The smallest absolute Gasteiger partial charge is 0.463 e. The van der Waals surface area contributed by atoms with E-state index in [-0.39, 0.29) is 36.4 Å². The van der Waals surface area contributed by atoms with Crippen molar-refractivity contribution in [2.24, 2.45) is 17.8 Å². The van der Waals surface area contributed by atoms with Gasteiger partial charge in [-0.25, -0.2) is 19.2 Å². The van der Waals surface area contributed by atoms with Crippen LogP contribution >= 0.6 is 0 Å². The van der Waals surface area contributed by atoms with Crippen LogP contribution in [0.25, 0.3) is 0 Å². The standard InChI is InChI=1S/C32H38O9/c1-5-29(33)37-18-6-7-19-38-32(36)40-26-15-13-25(14-16-26)39-30(34)23-9-11-24(12-10-23)31(35)41-28-20-22(4)8-17-27(28)21(2)3/h5,9-16,21-22,27-28H,1,6-8,17-20H2,2-4H3. The van der Waals surface area contributed by atoms with Gasteiger partial charge in [0.1, 0.15) is 17.6 Å². The Hall–Kier alpha value is -4.14. The highest BCUT2D eigenvalue weighted by Gasteiger charge is 2.33. The van der Waals surface area contributed by atoms with Crippen LogP contribution in [0.15, 0.2) is 61.2 Å². The molecule has 2 aromatic carbocycles. The van der Waals surface area contributed by atoms with Crippen LogP contribution in [0.3, 0.4) is 0 Å². The molecular formula is C32H38O9. The van der Waals surface area contributed by atoms with E-state index < -0.39 is 24.1 Å². The van der Waals surface area contributed by atoms with Crippen molar-refractivity contribution in [1.82, 2.24) is 0 Å². The Morgan fingerprint density at radius 1 is 0.829 bits per heavy atom. The molecule has 2 aromatic rings. The quantitative estimate of drug-likeness (QED) is 0.0704. The van der Waals surface area contributed by atoms with Crippen molar-refractivity contribution in [3.63, 3.8) is 0 Å². The molecular weight excluding hydrogens is 528 g/mol. The summed E-state index contributed by atoms with van der Waals surface area (Å²) in [7, 11) is 0. The average Bonchev–Trinajstić information content (AvgIpc) is 2.95. The summed E-state index contributed by atoms with van der Waals surface area (Å²) >= 11 is 0. The number of carbonyl (C=O) groups is 4. The van der Waals surface area contributed by atoms with Gasteiger partial charge < -0.3 is 23.7 Å². The van der Waals surface area contributed by atoms with Gasteiger partial charge in [0.15, 0.2) is 0 Å². The maximum absolute atomic E-state index is 12.8. The normalized spacial score (nSPS) is 18.2. The van der Waals surface area contributed by atoms with E-state index in [1.54, 1.807) is 12.1 Å². The molecule has 0 bridgehead atoms. The molecule has 0 aliphatic heterocycles. The Bertz CT molecular complexity index is 1180. The Labute approximate surface area is 240 Å². The van der Waals surface area contributed by atoms with Gasteiger partial charge in [-0.1, -0.05) is 33.8 Å². The summed E-state index contributed by atoms with van der Waals surface area (Å²) in [6.07, 6.45) is 4.18. The number of unbranched alkanes of at least 4 members (excludes halogenated alkanes) is 1. The van der Waals surface area contributed by atoms with E-state index in [9.17, 15) is 19.2 Å². The van der Waals surface area contributed by atoms with Crippen LogP contribution in [0, 0.1) is 17.8 Å². The lowest BCUT2D eigenvalue weighted by Gasteiger charge is -2.36. The Kier molecular flexibility index (Phi) is 11.9. The van der Waals surface area contributed by atoms with Crippen molar-refractivity contribution in [2.75, 3.05) is 13.2 Å². The zero-order valence-corrected chi connectivity index (χ0v) is 23.8. The predicted octanol–water partition coefficient (Wildman–Crippen LogP) is 6.55. The summed E-state index contributed by atoms with van der Waals surface area (Å²) in [5, 5.41) is 0. The van der Waals surface area contributed by atoms with Gasteiger partial charge in [0.25, 0.3) is 0 Å². The lowest BCUT2D eigenvalue weighted by Crippen LogP contribution is -2.35. The first kappa shape index (κ1) is 31.4. The maximum atomic E-state index is 12.8. The molecule has 3 rings (SSSR count). The molecule has 1 saturated carbocycles. The highest BCUT2D eigenvalue weighted by atomic mass is 16.7. The number of rotatable bonds is 12. The molecule has 0 spiro atoms. The Morgan fingerprint density at radius 3 is 1.98 bits per heavy atom. The third kappa shape index (κ3) is 10.1. The first-order chi connectivity index (χ1) is 19.7. The van der Waals surface area contributed by atoms with Gasteiger partial charge in [-0.15, -0.1) is 0 Å². The summed E-state index contributed by atoms with van der Waals surface area (Å²) in [4.78, 5) is 48.2. The zero-order valence-electron chi connectivity index (χ0n) is 23.8. The van der Waals surface area contributed by atoms with E-state index in [0.29, 0.717) is 36.2 Å². The number of hydrogen-bond acceptors (Lipinski definition) is 9. The molecule has 9 nitrogen and oxygen atoms in total. The number of hydrogen-bond donors (Lipinski definition) is 0. The SMILES string of the molecule is C=CC(=O)OCCCCOC(=O)Oc1ccc(OC(=O)c2ccc(C(=O)OC3CC(C)CCC3C(C)C)cc2)cc1. The average molecular weight is 567 g/mol. The molecule has 41 heavy (non-hydrogen) atoms. The fraction of sp³-hybridized carbons (Fsp3) is 0.438. The predicted molar refractivity (Wildman–Crippen MR) is 151 cm³/mol. The number of benzene rings is 2. The van der Waals surface area contributed by atoms with Gasteiger partial charge >= 0.3 is 24.1 Å². The number of esters is 3. The first-order valence-electron chi connectivity index (χ1n) is 13.9. The summed E-state index contributed by atoms with van der Waals surface area (Å²) in [6.45, 7) is 10.1. The molecule has 0 N–H and O–H groups in total. The third-order valence-electron chi connectivity index (χ3n) is 6.98. The van der Waals surface area contributed by atoms with E-state index in [2.05, 4.69) is 27.4 Å². The van der Waals surface area contributed by atoms with Crippen molar-refractivity contribution in [1.29, 1.82) is 0 Å². The second kappa shape index (κ2) is 15.6. The van der Waals surface area contributed by atoms with E-state index in [4.69, 9.17) is 23.7 Å². The molecule has 1 aliphatic carbocycles. The second-order valence-corrected chi connectivity index (χ2v) is 10.5. The van der Waals surface area contributed by atoms with Gasteiger partial charge in [0.2, 0.25) is 0 Å². The van der Waals surface area contributed by atoms with Crippen molar-refractivity contribution >= 4 is 24.1 Å². The lowest BCUT2D eigenvalue weighted by atomic mass is 9.75. The van der Waals surface area contributed by atoms with Crippen LogP contribution in [-0.4, -0.2) is 43.4 Å². The molecule has 1 aliphatic rings. The number of carbonyl (C=O) groups excluding carboxylic acids is 4. The van der Waals surface area contributed by atoms with E-state index in [1.807, 2.05) is 0 Å². The summed E-state index contributed by atoms with van der Waals surface area (Å²) in [5.41, 5.74) is 0.655. The van der Waals surface area contributed by atoms with Crippen molar-refractivity contribution < 1.29 is 42.9 Å². The molecule has 0 saturated heterocycles. The fourth-order valence-electron chi connectivity index (χ4n) is 4.66. The molecule has 0 radical (unpaired) electrons. The van der Waals surface area contributed by atoms with E-state index >= 15 is 0 Å². The minimum atomic E-state index is -0.880. The van der Waals surface area contributed by atoms with Gasteiger partial charge in [-0.05, 0) is 92.0 Å². The van der Waals surface area contributed by atoms with Crippen LogP contribution in [0.2, 0.25) is 0 Å². The van der Waals surface area contributed by atoms with E-state index in [1.165, 1.54) is 36.4 Å². The fourth-order valence-corrected chi connectivity index (χ4v) is 4.66. The van der Waals surface area contributed by atoms with E-state index in [0.717, 1.165) is 25.3 Å². The molecule has 0 aromatic heterocycles. The molecule has 3 unspecified atom stereocenters. The van der Waals surface area contributed by atoms with Gasteiger partial charge in [-0.3, -0.25) is 0 Å². The zero-order chi connectivity index (χ0) is 29.8. The lowest BCUT2D eigenvalue weighted by molar-refractivity contribution is -0.137. The van der Waals surface area contributed by atoms with Crippen molar-refractivity contribution in [3.8, 4) is 11.5 Å². The second-order valence-electron chi connectivity index (χ2n) is 10.5. The van der Waals surface area contributed by atoms with Crippen LogP contribution in [-0.2, 0) is 19.0 Å². The molecule has 3 atom stereocenters. The van der Waals surface area contributed by atoms with Crippen LogP contribution < -0.4 is 9.47 Å². The summed E-state index contributed by atoms with van der Waals surface area (Å²) < 4.78 is 26.2. The van der Waals surface area contributed by atoms with Crippen LogP contribution in [0.1, 0.15) is 73.6 Å². The number of ether oxygens (including phenoxy) is 5. The topological polar surface area (TPSA) is 114 Å². The van der Waals surface area contributed by atoms with Crippen LogP contribution in [0.4, 0.5) is 4.79 Å². The molecule has 1 fully saturated rings.